The van der Waals surface area contributed by atoms with Gasteiger partial charge >= 0.3 is 0 Å². The topological polar surface area (TPSA) is 63.9 Å². The quantitative estimate of drug-likeness (QED) is 0.663. The maximum atomic E-state index is 13.7. The van der Waals surface area contributed by atoms with E-state index < -0.39 is 0 Å². The van der Waals surface area contributed by atoms with E-state index in [9.17, 15) is 4.79 Å². The minimum atomic E-state index is 0.000536. The van der Waals surface area contributed by atoms with Gasteiger partial charge in [-0.2, -0.15) is 0 Å². The summed E-state index contributed by atoms with van der Waals surface area (Å²) in [6.07, 6.45) is 9.26. The van der Waals surface area contributed by atoms with Crippen LogP contribution in [-0.2, 0) is 11.3 Å². The maximum Gasteiger partial charge on any atom is 0.237 e. The third kappa shape index (κ3) is 4.03. The summed E-state index contributed by atoms with van der Waals surface area (Å²) in [7, 11) is 0. The predicted molar refractivity (Wildman–Crippen MR) is 124 cm³/mol. The molecule has 1 atom stereocenters. The number of amides is 1. The van der Waals surface area contributed by atoms with Gasteiger partial charge in [0, 0.05) is 11.6 Å². The van der Waals surface area contributed by atoms with Crippen molar-refractivity contribution in [3.05, 3.63) is 47.9 Å². The number of carbonyl (C=O) groups excluding carboxylic acids is 1. The lowest BCUT2D eigenvalue weighted by atomic mass is 9.52. The van der Waals surface area contributed by atoms with E-state index in [-0.39, 0.29) is 17.5 Å². The predicted octanol–water partition coefficient (Wildman–Crippen LogP) is 4.70. The molecule has 176 valence electrons. The van der Waals surface area contributed by atoms with Gasteiger partial charge in [0.1, 0.15) is 19.0 Å². The van der Waals surface area contributed by atoms with Gasteiger partial charge in [0.2, 0.25) is 5.91 Å². The number of ether oxygens (including phenoxy) is 2. The second-order valence-electron chi connectivity index (χ2n) is 10.7. The Morgan fingerprint density at radius 2 is 1.76 bits per heavy atom. The van der Waals surface area contributed by atoms with Gasteiger partial charge in [0.25, 0.3) is 0 Å². The van der Waals surface area contributed by atoms with Crippen molar-refractivity contribution in [3.63, 3.8) is 0 Å². The Morgan fingerprint density at radius 1 is 1.06 bits per heavy atom. The summed E-state index contributed by atoms with van der Waals surface area (Å²) in [6.45, 7) is 4.14. The van der Waals surface area contributed by atoms with Crippen molar-refractivity contribution >= 4 is 5.91 Å². The summed E-state index contributed by atoms with van der Waals surface area (Å²) >= 11 is 0. The Balaban J connectivity index is 1.18. The number of furan rings is 1. The average Bonchev–Trinajstić information content (AvgIpc) is 3.33. The zero-order valence-corrected chi connectivity index (χ0v) is 19.4. The van der Waals surface area contributed by atoms with Gasteiger partial charge in [-0.25, -0.2) is 0 Å². The SMILES string of the molecule is CC(NCC(=O)N(Cc1ccco1)C12CC3CC(CC(C3)C1)C2)c1ccc2c(c1)OCCO2. The van der Waals surface area contributed by atoms with Gasteiger partial charge in [-0.05, 0) is 93.0 Å². The maximum absolute atomic E-state index is 13.7. The molecule has 0 saturated heterocycles. The van der Waals surface area contributed by atoms with Crippen LogP contribution in [0, 0.1) is 17.8 Å². The van der Waals surface area contributed by atoms with E-state index in [0.29, 0.717) is 26.3 Å². The van der Waals surface area contributed by atoms with Crippen molar-refractivity contribution in [2.24, 2.45) is 17.8 Å². The van der Waals surface area contributed by atoms with Crippen molar-refractivity contribution in [1.29, 1.82) is 0 Å². The molecule has 1 unspecified atom stereocenters. The number of rotatable bonds is 7. The molecule has 2 aromatic rings. The lowest BCUT2D eigenvalue weighted by Crippen LogP contribution is -2.62. The van der Waals surface area contributed by atoms with Crippen molar-refractivity contribution in [2.75, 3.05) is 19.8 Å². The van der Waals surface area contributed by atoms with Gasteiger partial charge in [-0.3, -0.25) is 4.79 Å². The molecule has 4 saturated carbocycles. The van der Waals surface area contributed by atoms with Gasteiger partial charge in [-0.15, -0.1) is 0 Å². The second-order valence-corrected chi connectivity index (χ2v) is 10.7. The zero-order valence-electron chi connectivity index (χ0n) is 19.4. The van der Waals surface area contributed by atoms with Gasteiger partial charge in [0.15, 0.2) is 11.5 Å². The van der Waals surface area contributed by atoms with Crippen LogP contribution in [0.2, 0.25) is 0 Å². The van der Waals surface area contributed by atoms with Crippen molar-refractivity contribution in [2.45, 2.75) is 63.6 Å². The number of hydrogen-bond donors (Lipinski definition) is 1. The average molecular weight is 451 g/mol. The van der Waals surface area contributed by atoms with E-state index in [1.807, 2.05) is 24.3 Å². The van der Waals surface area contributed by atoms with Gasteiger partial charge < -0.3 is 24.1 Å². The van der Waals surface area contributed by atoms with E-state index in [1.54, 1.807) is 6.26 Å². The van der Waals surface area contributed by atoms with Crippen molar-refractivity contribution in [1.82, 2.24) is 10.2 Å². The molecule has 5 aliphatic rings. The summed E-state index contributed by atoms with van der Waals surface area (Å²) in [5.41, 5.74) is 1.10. The molecule has 1 aromatic carbocycles. The number of nitrogens with zero attached hydrogens (tertiary/aromatic N) is 1. The summed E-state index contributed by atoms with van der Waals surface area (Å²) in [6, 6.07) is 9.98. The zero-order chi connectivity index (χ0) is 22.4. The Morgan fingerprint density at radius 3 is 2.42 bits per heavy atom. The molecule has 33 heavy (non-hydrogen) atoms. The molecule has 0 radical (unpaired) electrons. The van der Waals surface area contributed by atoms with E-state index in [0.717, 1.165) is 59.8 Å². The first kappa shape index (κ1) is 21.1. The smallest absolute Gasteiger partial charge is 0.237 e. The van der Waals surface area contributed by atoms with E-state index in [1.165, 1.54) is 19.3 Å². The first-order valence-electron chi connectivity index (χ1n) is 12.5. The second kappa shape index (κ2) is 8.39. The monoisotopic (exact) mass is 450 g/mol. The van der Waals surface area contributed by atoms with Crippen molar-refractivity contribution in [3.8, 4) is 11.5 Å². The molecule has 0 spiro atoms. The molecule has 6 nitrogen and oxygen atoms in total. The molecular formula is C27H34N2O4. The third-order valence-electron chi connectivity index (χ3n) is 8.40. The highest BCUT2D eigenvalue weighted by Gasteiger charge is 2.54. The normalized spacial score (nSPS) is 30.3. The minimum absolute atomic E-state index is 0.000536. The molecule has 7 rings (SSSR count). The Labute approximate surface area is 195 Å². The largest absolute Gasteiger partial charge is 0.486 e. The Kier molecular flexibility index (Phi) is 5.36. The van der Waals surface area contributed by atoms with Crippen LogP contribution in [0.15, 0.2) is 41.0 Å². The summed E-state index contributed by atoms with van der Waals surface area (Å²) in [4.78, 5) is 15.9. The third-order valence-corrected chi connectivity index (χ3v) is 8.40. The summed E-state index contributed by atoms with van der Waals surface area (Å²) in [5.74, 6) is 4.98. The Bertz CT molecular complexity index is 966. The van der Waals surface area contributed by atoms with Crippen LogP contribution >= 0.6 is 0 Å². The van der Waals surface area contributed by atoms with E-state index >= 15 is 0 Å². The molecule has 1 N–H and O–H groups in total. The molecule has 4 bridgehead atoms. The highest BCUT2D eigenvalue weighted by Crippen LogP contribution is 2.58. The highest BCUT2D eigenvalue weighted by atomic mass is 16.6. The fraction of sp³-hybridized carbons (Fsp3) is 0.593. The Hall–Kier alpha value is -2.47. The number of hydrogen-bond acceptors (Lipinski definition) is 5. The van der Waals surface area contributed by atoms with Crippen LogP contribution in [0.5, 0.6) is 11.5 Å². The standard InChI is InChI=1S/C27H34N2O4/c1-18(22-4-5-24-25(12-22)33-8-7-32-24)28-16-26(30)29(17-23-3-2-6-31-23)27-13-19-9-20(14-27)11-21(10-19)15-27/h2-6,12,18-21,28H,7-11,13-17H2,1H3. The first-order valence-corrected chi connectivity index (χ1v) is 12.5. The number of benzene rings is 1. The fourth-order valence-electron chi connectivity index (χ4n) is 7.26. The van der Waals surface area contributed by atoms with Crippen LogP contribution in [-0.4, -0.2) is 36.1 Å². The molecule has 4 aliphatic carbocycles. The minimum Gasteiger partial charge on any atom is -0.486 e. The lowest BCUT2D eigenvalue weighted by molar-refractivity contribution is -0.152. The van der Waals surface area contributed by atoms with Gasteiger partial charge in [0.05, 0.1) is 19.4 Å². The molecule has 4 fully saturated rings. The van der Waals surface area contributed by atoms with Crippen molar-refractivity contribution < 1.29 is 18.7 Å². The van der Waals surface area contributed by atoms with Crippen LogP contribution in [0.4, 0.5) is 0 Å². The molecule has 1 aromatic heterocycles. The van der Waals surface area contributed by atoms with Crippen LogP contribution in [0.3, 0.4) is 0 Å². The lowest BCUT2D eigenvalue weighted by Gasteiger charge is -2.60. The fourth-order valence-corrected chi connectivity index (χ4v) is 7.26. The highest BCUT2D eigenvalue weighted by molar-refractivity contribution is 5.79. The molecule has 1 amide bonds. The van der Waals surface area contributed by atoms with Crippen LogP contribution in [0.25, 0.3) is 0 Å². The number of nitrogens with one attached hydrogen (secondary N) is 1. The van der Waals surface area contributed by atoms with Gasteiger partial charge in [-0.1, -0.05) is 6.07 Å². The molecular weight excluding hydrogens is 416 g/mol. The van der Waals surface area contributed by atoms with Crippen LogP contribution in [0.1, 0.15) is 62.8 Å². The van der Waals surface area contributed by atoms with E-state index in [4.69, 9.17) is 13.9 Å². The first-order chi connectivity index (χ1) is 16.1. The number of fused-ring (bicyclic) bond motifs is 1. The molecule has 6 heteroatoms. The summed E-state index contributed by atoms with van der Waals surface area (Å²) < 4.78 is 17.1. The van der Waals surface area contributed by atoms with E-state index in [2.05, 4.69) is 23.2 Å². The van der Waals surface area contributed by atoms with Crippen LogP contribution < -0.4 is 14.8 Å². The molecule has 2 heterocycles. The molecule has 1 aliphatic heterocycles. The number of carbonyl (C=O) groups is 1. The summed E-state index contributed by atoms with van der Waals surface area (Å²) in [5, 5.41) is 3.48.